The van der Waals surface area contributed by atoms with E-state index in [2.05, 4.69) is 52.1 Å². The number of aliphatic hydroxyl groups is 1. The zero-order valence-electron chi connectivity index (χ0n) is 18.9. The minimum Gasteiger partial charge on any atom is -0.494 e. The minimum atomic E-state index is -0.746. The van der Waals surface area contributed by atoms with Crippen LogP contribution >= 0.6 is 0 Å². The van der Waals surface area contributed by atoms with Crippen LogP contribution in [0.4, 0.5) is 0 Å². The molecule has 4 aromatic rings. The van der Waals surface area contributed by atoms with Crippen molar-refractivity contribution in [2.45, 2.75) is 38.3 Å². The SMILES string of the molecule is Cn1cc(CCCC(O)n2cnc(C(N)=O)c2)c2cc(OCCCc3ccccc3)ccc21. The normalized spacial score (nSPS) is 12.2. The number of nitrogens with two attached hydrogens (primary N) is 1. The number of hydrogen-bond donors (Lipinski definition) is 2. The largest absolute Gasteiger partial charge is 0.494 e. The Morgan fingerprint density at radius 3 is 2.70 bits per heavy atom. The van der Waals surface area contributed by atoms with E-state index in [0.717, 1.165) is 36.9 Å². The highest BCUT2D eigenvalue weighted by Gasteiger charge is 2.12. The molecule has 0 spiro atoms. The highest BCUT2D eigenvalue weighted by atomic mass is 16.5. The first-order valence-corrected chi connectivity index (χ1v) is 11.3. The molecule has 1 amide bonds. The number of carbonyl (C=O) groups is 1. The summed E-state index contributed by atoms with van der Waals surface area (Å²) in [6.07, 6.45) is 8.42. The van der Waals surface area contributed by atoms with E-state index in [-0.39, 0.29) is 5.69 Å². The lowest BCUT2D eigenvalue weighted by atomic mass is 10.1. The van der Waals surface area contributed by atoms with Crippen LogP contribution in [-0.2, 0) is 19.9 Å². The average molecular weight is 447 g/mol. The van der Waals surface area contributed by atoms with E-state index in [1.54, 1.807) is 0 Å². The van der Waals surface area contributed by atoms with Crippen LogP contribution < -0.4 is 10.5 Å². The second-order valence-electron chi connectivity index (χ2n) is 8.33. The maximum Gasteiger partial charge on any atom is 0.268 e. The highest BCUT2D eigenvalue weighted by molar-refractivity contribution is 5.90. The predicted molar refractivity (Wildman–Crippen MR) is 128 cm³/mol. The fourth-order valence-corrected chi connectivity index (χ4v) is 4.10. The van der Waals surface area contributed by atoms with Gasteiger partial charge in [0.25, 0.3) is 5.91 Å². The molecule has 172 valence electrons. The van der Waals surface area contributed by atoms with E-state index < -0.39 is 12.1 Å². The van der Waals surface area contributed by atoms with Crippen LogP contribution in [0.1, 0.15) is 47.1 Å². The zero-order chi connectivity index (χ0) is 23.2. The van der Waals surface area contributed by atoms with E-state index in [1.807, 2.05) is 19.2 Å². The predicted octanol–water partition coefficient (Wildman–Crippen LogP) is 4.00. The molecule has 2 aromatic heterocycles. The van der Waals surface area contributed by atoms with Crippen molar-refractivity contribution < 1.29 is 14.6 Å². The Morgan fingerprint density at radius 2 is 1.94 bits per heavy atom. The molecule has 2 aromatic carbocycles. The molecule has 3 N–H and O–H groups in total. The molecule has 0 aliphatic carbocycles. The zero-order valence-corrected chi connectivity index (χ0v) is 18.9. The second kappa shape index (κ2) is 10.4. The molecule has 0 radical (unpaired) electrons. The summed E-state index contributed by atoms with van der Waals surface area (Å²) in [4.78, 5) is 15.1. The van der Waals surface area contributed by atoms with Gasteiger partial charge in [-0.3, -0.25) is 4.79 Å². The number of benzene rings is 2. The first-order valence-electron chi connectivity index (χ1n) is 11.3. The molecular weight excluding hydrogens is 416 g/mol. The van der Waals surface area contributed by atoms with Crippen molar-refractivity contribution in [3.05, 3.63) is 84.1 Å². The number of amides is 1. The van der Waals surface area contributed by atoms with Gasteiger partial charge in [-0.05, 0) is 61.4 Å². The quantitative estimate of drug-likeness (QED) is 0.341. The van der Waals surface area contributed by atoms with Crippen LogP contribution in [0.25, 0.3) is 10.9 Å². The van der Waals surface area contributed by atoms with Gasteiger partial charge in [-0.1, -0.05) is 30.3 Å². The Bertz CT molecular complexity index is 1210. The molecule has 1 unspecified atom stereocenters. The third-order valence-electron chi connectivity index (χ3n) is 5.87. The molecule has 0 bridgehead atoms. The number of primary amides is 1. The van der Waals surface area contributed by atoms with Gasteiger partial charge in [0.2, 0.25) is 0 Å². The van der Waals surface area contributed by atoms with Crippen molar-refractivity contribution in [2.75, 3.05) is 6.61 Å². The monoisotopic (exact) mass is 446 g/mol. The molecule has 0 saturated carbocycles. The van der Waals surface area contributed by atoms with Crippen LogP contribution in [-0.4, -0.2) is 31.7 Å². The molecule has 0 aliphatic heterocycles. The lowest BCUT2D eigenvalue weighted by Crippen LogP contribution is -2.11. The van der Waals surface area contributed by atoms with Crippen molar-refractivity contribution in [2.24, 2.45) is 12.8 Å². The van der Waals surface area contributed by atoms with Gasteiger partial charge in [0.15, 0.2) is 0 Å². The number of carbonyl (C=O) groups excluding carboxylic acids is 1. The smallest absolute Gasteiger partial charge is 0.268 e. The van der Waals surface area contributed by atoms with Gasteiger partial charge in [0, 0.05) is 30.3 Å². The number of fused-ring (bicyclic) bond motifs is 1. The van der Waals surface area contributed by atoms with Gasteiger partial charge in [-0.2, -0.15) is 0 Å². The van der Waals surface area contributed by atoms with E-state index in [4.69, 9.17) is 10.5 Å². The number of nitrogens with zero attached hydrogens (tertiary/aromatic N) is 3. The second-order valence-corrected chi connectivity index (χ2v) is 8.33. The third-order valence-corrected chi connectivity index (χ3v) is 5.87. The molecule has 7 heteroatoms. The van der Waals surface area contributed by atoms with Crippen molar-refractivity contribution in [1.29, 1.82) is 0 Å². The van der Waals surface area contributed by atoms with E-state index in [1.165, 1.54) is 33.6 Å². The van der Waals surface area contributed by atoms with E-state index >= 15 is 0 Å². The summed E-state index contributed by atoms with van der Waals surface area (Å²) in [5.74, 6) is 0.273. The standard InChI is InChI=1S/C26H30N4O3/c1-29-16-20(10-5-11-25(31)30-17-23(26(27)32)28-18-30)22-15-21(12-13-24(22)29)33-14-6-9-19-7-3-2-4-8-19/h2-4,7-8,12-13,15-18,25,31H,5-6,9-11,14H2,1H3,(H2,27,32). The summed E-state index contributed by atoms with van der Waals surface area (Å²) in [5, 5.41) is 11.6. The fraction of sp³-hybridized carbons (Fsp3) is 0.308. The molecule has 0 aliphatic rings. The topological polar surface area (TPSA) is 95.3 Å². The first-order chi connectivity index (χ1) is 16.0. The van der Waals surface area contributed by atoms with Crippen LogP contribution in [0.2, 0.25) is 0 Å². The molecular formula is C26H30N4O3. The van der Waals surface area contributed by atoms with E-state index in [9.17, 15) is 9.90 Å². The van der Waals surface area contributed by atoms with Gasteiger partial charge in [0.1, 0.15) is 17.7 Å². The average Bonchev–Trinajstić information content (AvgIpc) is 3.43. The first kappa shape index (κ1) is 22.6. The van der Waals surface area contributed by atoms with Crippen LogP contribution in [0.15, 0.2) is 67.3 Å². The van der Waals surface area contributed by atoms with Gasteiger partial charge >= 0.3 is 0 Å². The number of imidazole rings is 1. The van der Waals surface area contributed by atoms with Crippen LogP contribution in [0, 0.1) is 0 Å². The number of ether oxygens (including phenoxy) is 1. The Labute approximate surface area is 193 Å². The lowest BCUT2D eigenvalue weighted by Gasteiger charge is -2.11. The molecule has 0 fully saturated rings. The number of rotatable bonds is 11. The van der Waals surface area contributed by atoms with E-state index in [0.29, 0.717) is 13.0 Å². The maximum atomic E-state index is 11.2. The van der Waals surface area contributed by atoms with Crippen molar-refractivity contribution in [3.8, 4) is 5.75 Å². The van der Waals surface area contributed by atoms with Gasteiger partial charge < -0.3 is 24.7 Å². The summed E-state index contributed by atoms with van der Waals surface area (Å²) >= 11 is 0. The molecule has 33 heavy (non-hydrogen) atoms. The number of aliphatic hydroxyl groups excluding tert-OH is 1. The minimum absolute atomic E-state index is 0.152. The van der Waals surface area contributed by atoms with Crippen LogP contribution in [0.5, 0.6) is 5.75 Å². The van der Waals surface area contributed by atoms with Gasteiger partial charge in [-0.15, -0.1) is 0 Å². The summed E-state index contributed by atoms with van der Waals surface area (Å²) in [7, 11) is 2.04. The van der Waals surface area contributed by atoms with Gasteiger partial charge in [0.05, 0.1) is 12.9 Å². The van der Waals surface area contributed by atoms with Gasteiger partial charge in [-0.25, -0.2) is 4.98 Å². The molecule has 0 saturated heterocycles. The lowest BCUT2D eigenvalue weighted by molar-refractivity contribution is 0.0918. The van der Waals surface area contributed by atoms with Crippen molar-refractivity contribution in [3.63, 3.8) is 0 Å². The summed E-state index contributed by atoms with van der Waals surface area (Å²) in [6.45, 7) is 0.674. The highest BCUT2D eigenvalue weighted by Crippen LogP contribution is 2.27. The Hall–Kier alpha value is -3.58. The fourth-order valence-electron chi connectivity index (χ4n) is 4.10. The Morgan fingerprint density at radius 1 is 1.12 bits per heavy atom. The van der Waals surface area contributed by atoms with Crippen molar-refractivity contribution in [1.82, 2.24) is 14.1 Å². The number of aromatic nitrogens is 3. The summed E-state index contributed by atoms with van der Waals surface area (Å²) in [5.41, 5.74) is 9.08. The number of aryl methyl sites for hydroxylation is 3. The molecule has 1 atom stereocenters. The number of hydrogen-bond acceptors (Lipinski definition) is 4. The third kappa shape index (κ3) is 5.62. The Balaban J connectivity index is 1.33. The Kier molecular flexibility index (Phi) is 7.10. The summed E-state index contributed by atoms with van der Waals surface area (Å²) in [6, 6.07) is 16.7. The summed E-state index contributed by atoms with van der Waals surface area (Å²) < 4.78 is 9.66. The molecule has 7 nitrogen and oxygen atoms in total. The molecule has 4 rings (SSSR count). The van der Waals surface area contributed by atoms with Crippen LogP contribution in [0.3, 0.4) is 0 Å². The maximum absolute atomic E-state index is 11.2. The van der Waals surface area contributed by atoms with Crippen molar-refractivity contribution >= 4 is 16.8 Å². The molecule has 2 heterocycles.